The molecular weight excluding hydrogens is 251 g/mol. The van der Waals surface area contributed by atoms with Crippen LogP contribution in [0.2, 0.25) is 5.02 Å². The molecule has 1 rings (SSSR count). The monoisotopic (exact) mass is 265 g/mol. The lowest BCUT2D eigenvalue weighted by atomic mass is 10.0. The highest BCUT2D eigenvalue weighted by molar-refractivity contribution is 6.31. The van der Waals surface area contributed by atoms with E-state index >= 15 is 0 Å². The Bertz CT molecular complexity index is 377. The van der Waals surface area contributed by atoms with Gasteiger partial charge in [-0.1, -0.05) is 23.7 Å². The lowest BCUT2D eigenvalue weighted by Crippen LogP contribution is -2.19. The van der Waals surface area contributed by atoms with Gasteiger partial charge in [0.2, 0.25) is 0 Å². The zero-order valence-electron chi connectivity index (χ0n) is 9.74. The van der Waals surface area contributed by atoms with Crippen molar-refractivity contribution in [3.8, 4) is 0 Å². The Hall–Kier alpha value is -0.740. The lowest BCUT2D eigenvalue weighted by Gasteiger charge is -2.18. The molecule has 17 heavy (non-hydrogen) atoms. The number of nitrogens with one attached hydrogen (secondary N) is 1. The maximum Gasteiger partial charge on any atom is 0.389 e. The van der Waals surface area contributed by atoms with E-state index in [1.165, 1.54) is 0 Å². The van der Waals surface area contributed by atoms with Crippen molar-refractivity contribution in [3.63, 3.8) is 0 Å². The van der Waals surface area contributed by atoms with Crippen molar-refractivity contribution in [2.75, 3.05) is 7.05 Å². The second-order valence-corrected chi connectivity index (χ2v) is 4.41. The van der Waals surface area contributed by atoms with E-state index in [2.05, 4.69) is 5.32 Å². The number of benzene rings is 1. The Labute approximate surface area is 104 Å². The number of rotatable bonds is 4. The second-order valence-electron chi connectivity index (χ2n) is 4.00. The summed E-state index contributed by atoms with van der Waals surface area (Å²) in [6.45, 7) is 1.84. The Balaban J connectivity index is 2.76. The molecular formula is C12H15ClF3N. The SMILES string of the molecule is CNC(CCC(F)(F)F)c1ccc(Cl)c(C)c1. The highest BCUT2D eigenvalue weighted by Crippen LogP contribution is 2.28. The fourth-order valence-electron chi connectivity index (χ4n) is 1.67. The standard InChI is InChI=1S/C12H15ClF3N/c1-8-7-9(3-4-10(8)13)11(17-2)5-6-12(14,15)16/h3-4,7,11,17H,5-6H2,1-2H3. The molecule has 5 heteroatoms. The molecule has 0 spiro atoms. The van der Waals surface area contributed by atoms with Crippen LogP contribution in [0.1, 0.15) is 30.0 Å². The number of aryl methyl sites for hydroxylation is 1. The summed E-state index contributed by atoms with van der Waals surface area (Å²) in [4.78, 5) is 0. The molecule has 1 nitrogen and oxygen atoms in total. The van der Waals surface area contributed by atoms with Gasteiger partial charge in [-0.15, -0.1) is 0 Å². The third-order valence-electron chi connectivity index (χ3n) is 2.65. The van der Waals surface area contributed by atoms with E-state index in [4.69, 9.17) is 11.6 Å². The first-order valence-electron chi connectivity index (χ1n) is 5.33. The van der Waals surface area contributed by atoms with Gasteiger partial charge in [-0.3, -0.25) is 0 Å². The van der Waals surface area contributed by atoms with E-state index < -0.39 is 12.6 Å². The quantitative estimate of drug-likeness (QED) is 0.858. The van der Waals surface area contributed by atoms with Gasteiger partial charge in [0.05, 0.1) is 0 Å². The Morgan fingerprint density at radius 2 is 2.00 bits per heavy atom. The van der Waals surface area contributed by atoms with Crippen molar-refractivity contribution < 1.29 is 13.2 Å². The van der Waals surface area contributed by atoms with Gasteiger partial charge in [0.1, 0.15) is 0 Å². The van der Waals surface area contributed by atoms with Crippen molar-refractivity contribution in [1.82, 2.24) is 5.32 Å². The van der Waals surface area contributed by atoms with Gasteiger partial charge in [-0.05, 0) is 37.6 Å². The highest BCUT2D eigenvalue weighted by Gasteiger charge is 2.28. The predicted molar refractivity (Wildman–Crippen MR) is 63.3 cm³/mol. The average molecular weight is 266 g/mol. The molecule has 0 fully saturated rings. The van der Waals surface area contributed by atoms with Crippen LogP contribution in [0.25, 0.3) is 0 Å². The molecule has 1 aromatic rings. The van der Waals surface area contributed by atoms with Crippen LogP contribution >= 0.6 is 11.6 Å². The van der Waals surface area contributed by atoms with Gasteiger partial charge in [-0.25, -0.2) is 0 Å². The fraction of sp³-hybridized carbons (Fsp3) is 0.500. The van der Waals surface area contributed by atoms with Crippen molar-refractivity contribution >= 4 is 11.6 Å². The first-order valence-corrected chi connectivity index (χ1v) is 5.71. The fourth-order valence-corrected chi connectivity index (χ4v) is 1.79. The minimum atomic E-state index is -4.11. The van der Waals surface area contributed by atoms with E-state index in [1.54, 1.807) is 19.2 Å². The van der Waals surface area contributed by atoms with Gasteiger partial charge in [0.25, 0.3) is 0 Å². The van der Waals surface area contributed by atoms with Crippen LogP contribution in [0.4, 0.5) is 13.2 Å². The first-order chi connectivity index (χ1) is 7.83. The summed E-state index contributed by atoms with van der Waals surface area (Å²) in [6, 6.07) is 4.99. The Kier molecular flexibility index (Phi) is 4.83. The number of alkyl halides is 3. The largest absolute Gasteiger partial charge is 0.389 e. The third-order valence-corrected chi connectivity index (χ3v) is 3.07. The molecule has 96 valence electrons. The number of hydrogen-bond donors (Lipinski definition) is 1. The van der Waals surface area contributed by atoms with Crippen molar-refractivity contribution in [1.29, 1.82) is 0 Å². The summed E-state index contributed by atoms with van der Waals surface area (Å²) in [7, 11) is 1.66. The van der Waals surface area contributed by atoms with Gasteiger partial charge < -0.3 is 5.32 Å². The highest BCUT2D eigenvalue weighted by atomic mass is 35.5. The first kappa shape index (κ1) is 14.3. The zero-order valence-corrected chi connectivity index (χ0v) is 10.5. The molecule has 1 N–H and O–H groups in total. The molecule has 1 unspecified atom stereocenters. The molecule has 0 aliphatic rings. The normalized spacial score (nSPS) is 13.8. The average Bonchev–Trinajstić information content (AvgIpc) is 2.22. The van der Waals surface area contributed by atoms with Crippen LogP contribution in [-0.2, 0) is 0 Å². The summed E-state index contributed by atoms with van der Waals surface area (Å²) in [5.41, 5.74) is 1.70. The summed E-state index contributed by atoms with van der Waals surface area (Å²) >= 11 is 5.88. The van der Waals surface area contributed by atoms with E-state index in [0.717, 1.165) is 11.1 Å². The molecule has 0 saturated heterocycles. The summed E-state index contributed by atoms with van der Waals surface area (Å²) < 4.78 is 36.5. The maximum absolute atomic E-state index is 12.2. The minimum absolute atomic E-state index is 0.0288. The second kappa shape index (κ2) is 5.74. The predicted octanol–water partition coefficient (Wildman–Crippen LogP) is 4.25. The van der Waals surface area contributed by atoms with Crippen LogP contribution in [-0.4, -0.2) is 13.2 Å². The minimum Gasteiger partial charge on any atom is -0.313 e. The van der Waals surface area contributed by atoms with Crippen molar-refractivity contribution in [2.24, 2.45) is 0 Å². The Morgan fingerprint density at radius 1 is 1.35 bits per heavy atom. The van der Waals surface area contributed by atoms with Crippen LogP contribution in [0, 0.1) is 6.92 Å². The van der Waals surface area contributed by atoms with Gasteiger partial charge in [-0.2, -0.15) is 13.2 Å². The topological polar surface area (TPSA) is 12.0 Å². The summed E-state index contributed by atoms with van der Waals surface area (Å²) in [5, 5.41) is 3.52. The van der Waals surface area contributed by atoms with Crippen LogP contribution in [0.3, 0.4) is 0 Å². The molecule has 0 radical (unpaired) electrons. The molecule has 0 amide bonds. The lowest BCUT2D eigenvalue weighted by molar-refractivity contribution is -0.136. The van der Waals surface area contributed by atoms with Crippen molar-refractivity contribution in [2.45, 2.75) is 32.0 Å². The summed E-state index contributed by atoms with van der Waals surface area (Å²) in [6.07, 6.45) is -4.88. The molecule has 0 aliphatic carbocycles. The molecule has 0 aliphatic heterocycles. The molecule has 1 aromatic carbocycles. The maximum atomic E-state index is 12.2. The smallest absolute Gasteiger partial charge is 0.313 e. The van der Waals surface area contributed by atoms with E-state index in [9.17, 15) is 13.2 Å². The van der Waals surface area contributed by atoms with E-state index in [0.29, 0.717) is 5.02 Å². The van der Waals surface area contributed by atoms with Gasteiger partial charge in [0.15, 0.2) is 0 Å². The van der Waals surface area contributed by atoms with E-state index in [-0.39, 0.29) is 12.5 Å². The molecule has 0 saturated carbocycles. The van der Waals surface area contributed by atoms with Crippen LogP contribution in [0.5, 0.6) is 0 Å². The van der Waals surface area contributed by atoms with Crippen LogP contribution < -0.4 is 5.32 Å². The van der Waals surface area contributed by atoms with E-state index in [1.807, 2.05) is 13.0 Å². The Morgan fingerprint density at radius 3 is 2.47 bits per heavy atom. The third kappa shape index (κ3) is 4.56. The van der Waals surface area contributed by atoms with Gasteiger partial charge in [0, 0.05) is 17.5 Å². The van der Waals surface area contributed by atoms with Crippen molar-refractivity contribution in [3.05, 3.63) is 34.3 Å². The molecule has 0 heterocycles. The number of halogens is 4. The van der Waals surface area contributed by atoms with Gasteiger partial charge >= 0.3 is 6.18 Å². The molecule has 1 atom stereocenters. The molecule has 0 aromatic heterocycles. The van der Waals surface area contributed by atoms with Crippen LogP contribution in [0.15, 0.2) is 18.2 Å². The summed E-state index contributed by atoms with van der Waals surface area (Å²) in [5.74, 6) is 0. The molecule has 0 bridgehead atoms. The number of hydrogen-bond acceptors (Lipinski definition) is 1. The zero-order chi connectivity index (χ0) is 13.1.